The lowest BCUT2D eigenvalue weighted by Crippen LogP contribution is -2.10. The third-order valence-corrected chi connectivity index (χ3v) is 12.3. The minimum atomic E-state index is 1.13. The van der Waals surface area contributed by atoms with Crippen molar-refractivity contribution < 1.29 is 0 Å². The van der Waals surface area contributed by atoms with Crippen molar-refractivity contribution in [1.82, 2.24) is 0 Å². The molecule has 0 spiro atoms. The Morgan fingerprint density at radius 3 is 1.39 bits per heavy atom. The molecule has 51 heavy (non-hydrogen) atoms. The topological polar surface area (TPSA) is 3.24 Å². The van der Waals surface area contributed by atoms with E-state index in [-0.39, 0.29) is 0 Å². The first-order valence-electron chi connectivity index (χ1n) is 17.2. The lowest BCUT2D eigenvalue weighted by atomic mass is 10.00. The van der Waals surface area contributed by atoms with Crippen molar-refractivity contribution in [2.45, 2.75) is 0 Å². The van der Waals surface area contributed by atoms with Crippen molar-refractivity contribution in [3.63, 3.8) is 0 Å². The lowest BCUT2D eigenvalue weighted by Gasteiger charge is -2.26. The zero-order valence-electron chi connectivity index (χ0n) is 27.7. The lowest BCUT2D eigenvalue weighted by molar-refractivity contribution is 1.30. The first kappa shape index (κ1) is 29.9. The number of anilines is 3. The first-order chi connectivity index (χ1) is 25.3. The molecule has 0 aliphatic carbocycles. The highest BCUT2D eigenvalue weighted by Crippen LogP contribution is 2.45. The Hall–Kier alpha value is -6.00. The van der Waals surface area contributed by atoms with E-state index in [2.05, 4.69) is 193 Å². The first-order valence-corrected chi connectivity index (χ1v) is 18.9. The molecule has 0 fully saturated rings. The quantitative estimate of drug-likeness (QED) is 0.168. The molecule has 10 rings (SSSR count). The molecule has 0 saturated carbocycles. The monoisotopic (exact) mass is 685 g/mol. The van der Waals surface area contributed by atoms with Crippen LogP contribution in [0, 0.1) is 0 Å². The van der Waals surface area contributed by atoms with Crippen LogP contribution < -0.4 is 4.90 Å². The summed E-state index contributed by atoms with van der Waals surface area (Å²) in [6, 6.07) is 68.6. The van der Waals surface area contributed by atoms with Gasteiger partial charge < -0.3 is 4.90 Å². The molecule has 2 aromatic heterocycles. The van der Waals surface area contributed by atoms with Crippen LogP contribution in [-0.2, 0) is 0 Å². The van der Waals surface area contributed by atoms with Gasteiger partial charge in [0.05, 0.1) is 10.4 Å². The van der Waals surface area contributed by atoms with Gasteiger partial charge in [-0.05, 0) is 88.0 Å². The molecule has 0 amide bonds. The second kappa shape index (κ2) is 12.4. The Bertz CT molecular complexity index is 2830. The number of hydrogen-bond donors (Lipinski definition) is 0. The van der Waals surface area contributed by atoms with Crippen LogP contribution in [0.15, 0.2) is 188 Å². The molecular formula is C48H31NS2. The molecule has 240 valence electrons. The molecule has 0 aliphatic rings. The number of rotatable bonds is 6. The maximum atomic E-state index is 2.42. The number of thiophene rings is 2. The number of fused-ring (bicyclic) bond motifs is 6. The van der Waals surface area contributed by atoms with Gasteiger partial charge in [0.1, 0.15) is 0 Å². The molecule has 8 aromatic carbocycles. The molecule has 2 heterocycles. The Morgan fingerprint density at radius 2 is 0.745 bits per heavy atom. The van der Waals surface area contributed by atoms with Crippen molar-refractivity contribution in [2.24, 2.45) is 0 Å². The molecule has 3 heteroatoms. The molecule has 0 saturated heterocycles. The summed E-state index contributed by atoms with van der Waals surface area (Å²) in [6.07, 6.45) is 0. The predicted octanol–water partition coefficient (Wildman–Crippen LogP) is 14.9. The second-order valence-electron chi connectivity index (χ2n) is 12.9. The maximum Gasteiger partial charge on any atom is 0.0640 e. The normalized spacial score (nSPS) is 11.5. The Balaban J connectivity index is 1.05. The average Bonchev–Trinajstić information content (AvgIpc) is 3.78. The fourth-order valence-electron chi connectivity index (χ4n) is 7.33. The Morgan fingerprint density at radius 1 is 0.294 bits per heavy atom. The largest absolute Gasteiger partial charge is 0.309 e. The van der Waals surface area contributed by atoms with Crippen molar-refractivity contribution in [1.29, 1.82) is 0 Å². The van der Waals surface area contributed by atoms with Gasteiger partial charge in [0.25, 0.3) is 0 Å². The van der Waals surface area contributed by atoms with E-state index in [1.165, 1.54) is 79.4 Å². The van der Waals surface area contributed by atoms with Crippen molar-refractivity contribution in [3.05, 3.63) is 188 Å². The predicted molar refractivity (Wildman–Crippen MR) is 223 cm³/mol. The third-order valence-electron chi connectivity index (χ3n) is 9.91. The van der Waals surface area contributed by atoms with Crippen LogP contribution in [0.5, 0.6) is 0 Å². The van der Waals surface area contributed by atoms with Crippen LogP contribution in [0.25, 0.3) is 73.7 Å². The van der Waals surface area contributed by atoms with Gasteiger partial charge in [-0.25, -0.2) is 0 Å². The zero-order valence-corrected chi connectivity index (χ0v) is 29.3. The van der Waals surface area contributed by atoms with Crippen LogP contribution >= 0.6 is 22.7 Å². The van der Waals surface area contributed by atoms with Gasteiger partial charge in [0.2, 0.25) is 0 Å². The highest BCUT2D eigenvalue weighted by Gasteiger charge is 2.18. The molecule has 0 N–H and O–H groups in total. The van der Waals surface area contributed by atoms with E-state index in [1.807, 2.05) is 22.7 Å². The van der Waals surface area contributed by atoms with E-state index in [0.29, 0.717) is 0 Å². The maximum absolute atomic E-state index is 2.42. The van der Waals surface area contributed by atoms with E-state index in [4.69, 9.17) is 0 Å². The summed E-state index contributed by atoms with van der Waals surface area (Å²) in [6.45, 7) is 0. The van der Waals surface area contributed by atoms with E-state index in [9.17, 15) is 0 Å². The number of benzene rings is 8. The highest BCUT2D eigenvalue weighted by molar-refractivity contribution is 7.26. The average molecular weight is 686 g/mol. The van der Waals surface area contributed by atoms with Gasteiger partial charge in [-0.3, -0.25) is 0 Å². The standard InChI is InChI=1S/C48H31NS2/c1-2-9-32(10-3-1)33-17-19-34(20-18-33)35-21-26-38(27-22-35)49(44-14-8-13-42-40-11-4-7-16-46(40)51-48(42)44)39-28-23-36(24-29-39)37-25-30-47-43(31-37)41-12-5-6-15-45(41)50-47/h1-31H. The van der Waals surface area contributed by atoms with Crippen LogP contribution in [0.2, 0.25) is 0 Å². The summed E-state index contributed by atoms with van der Waals surface area (Å²) in [5.74, 6) is 0. The van der Waals surface area contributed by atoms with Gasteiger partial charge in [0, 0.05) is 47.0 Å². The molecular weight excluding hydrogens is 655 g/mol. The summed E-state index contributed by atoms with van der Waals surface area (Å²) in [5, 5.41) is 5.25. The summed E-state index contributed by atoms with van der Waals surface area (Å²) < 4.78 is 5.26. The molecule has 1 nitrogen and oxygen atoms in total. The fourth-order valence-corrected chi connectivity index (χ4v) is 9.63. The van der Waals surface area contributed by atoms with Crippen molar-refractivity contribution in [3.8, 4) is 33.4 Å². The molecule has 10 aromatic rings. The van der Waals surface area contributed by atoms with Gasteiger partial charge in [-0.2, -0.15) is 0 Å². The molecule has 0 atom stereocenters. The van der Waals surface area contributed by atoms with E-state index < -0.39 is 0 Å². The van der Waals surface area contributed by atoms with Gasteiger partial charge in [-0.1, -0.05) is 133 Å². The molecule has 0 radical (unpaired) electrons. The van der Waals surface area contributed by atoms with Crippen LogP contribution in [0.4, 0.5) is 17.1 Å². The fraction of sp³-hybridized carbons (Fsp3) is 0. The van der Waals surface area contributed by atoms with Crippen molar-refractivity contribution >= 4 is 80.1 Å². The minimum Gasteiger partial charge on any atom is -0.309 e. The number of nitrogens with zero attached hydrogens (tertiary/aromatic N) is 1. The SMILES string of the molecule is c1ccc(-c2ccc(-c3ccc(N(c4ccc(-c5ccc6sc7ccccc7c6c5)cc4)c4cccc5c4sc4ccccc45)cc3)cc2)cc1. The number of hydrogen-bond acceptors (Lipinski definition) is 3. The Kier molecular flexibility index (Phi) is 7.26. The summed E-state index contributed by atoms with van der Waals surface area (Å²) in [5.41, 5.74) is 10.8. The van der Waals surface area contributed by atoms with Crippen LogP contribution in [-0.4, -0.2) is 0 Å². The highest BCUT2D eigenvalue weighted by atomic mass is 32.1. The van der Waals surface area contributed by atoms with E-state index >= 15 is 0 Å². The van der Waals surface area contributed by atoms with Crippen LogP contribution in [0.3, 0.4) is 0 Å². The summed E-state index contributed by atoms with van der Waals surface area (Å²) in [4.78, 5) is 2.42. The molecule has 0 aliphatic heterocycles. The summed E-state index contributed by atoms with van der Waals surface area (Å²) in [7, 11) is 0. The Labute approximate surface area is 304 Å². The summed E-state index contributed by atoms with van der Waals surface area (Å²) >= 11 is 3.73. The minimum absolute atomic E-state index is 1.13. The molecule has 0 bridgehead atoms. The smallest absolute Gasteiger partial charge is 0.0640 e. The van der Waals surface area contributed by atoms with Crippen molar-refractivity contribution in [2.75, 3.05) is 4.90 Å². The van der Waals surface area contributed by atoms with Gasteiger partial charge in [-0.15, -0.1) is 22.7 Å². The van der Waals surface area contributed by atoms with Crippen LogP contribution in [0.1, 0.15) is 0 Å². The zero-order chi connectivity index (χ0) is 33.7. The molecule has 0 unspecified atom stereocenters. The van der Waals surface area contributed by atoms with E-state index in [0.717, 1.165) is 11.4 Å². The van der Waals surface area contributed by atoms with Gasteiger partial charge in [0.15, 0.2) is 0 Å². The third kappa shape index (κ3) is 5.30. The second-order valence-corrected chi connectivity index (χ2v) is 15.1. The van der Waals surface area contributed by atoms with Gasteiger partial charge >= 0.3 is 0 Å². The van der Waals surface area contributed by atoms with E-state index in [1.54, 1.807) is 0 Å².